The summed E-state index contributed by atoms with van der Waals surface area (Å²) in [5.74, 6) is -0.352. The number of anilines is 1. The quantitative estimate of drug-likeness (QED) is 0.725. The molecule has 0 bridgehead atoms. The van der Waals surface area contributed by atoms with E-state index in [2.05, 4.69) is 10.3 Å². The Hall–Kier alpha value is -3.41. The molecule has 2 aromatic carbocycles. The summed E-state index contributed by atoms with van der Waals surface area (Å²) in [5.41, 5.74) is 1.74. The molecule has 3 rings (SSSR count). The van der Waals surface area contributed by atoms with Gasteiger partial charge in [0.15, 0.2) is 6.61 Å². The summed E-state index contributed by atoms with van der Waals surface area (Å²) in [6, 6.07) is 15.5. The first-order valence-electron chi connectivity index (χ1n) is 7.62. The summed E-state index contributed by atoms with van der Waals surface area (Å²) in [5, 5.41) is 3.55. The number of nitrogens with zero attached hydrogens (tertiary/aromatic N) is 1. The first kappa shape index (κ1) is 16.4. The molecule has 1 amide bonds. The minimum Gasteiger partial charge on any atom is -0.497 e. The molecule has 0 atom stereocenters. The van der Waals surface area contributed by atoms with E-state index in [0.29, 0.717) is 17.0 Å². The largest absolute Gasteiger partial charge is 0.497 e. The van der Waals surface area contributed by atoms with Crippen LogP contribution in [-0.4, -0.2) is 30.6 Å². The molecule has 1 heterocycles. The lowest BCUT2D eigenvalue weighted by Crippen LogP contribution is -2.21. The molecule has 1 N–H and O–H groups in total. The summed E-state index contributed by atoms with van der Waals surface area (Å²) in [7, 11) is 1.54. The van der Waals surface area contributed by atoms with E-state index < -0.39 is 11.9 Å². The number of aromatic nitrogens is 1. The number of hydrogen-bond acceptors (Lipinski definition) is 5. The number of methoxy groups -OCH3 is 1. The molecule has 0 radical (unpaired) electrons. The van der Waals surface area contributed by atoms with Crippen molar-refractivity contribution in [2.24, 2.45) is 0 Å². The number of fused-ring (bicyclic) bond motifs is 1. The number of carbonyl (C=O) groups excluding carboxylic acids is 2. The smallest absolute Gasteiger partial charge is 0.338 e. The van der Waals surface area contributed by atoms with Crippen LogP contribution < -0.4 is 10.1 Å². The van der Waals surface area contributed by atoms with E-state index in [0.717, 1.165) is 10.9 Å². The van der Waals surface area contributed by atoms with Gasteiger partial charge >= 0.3 is 5.97 Å². The summed E-state index contributed by atoms with van der Waals surface area (Å²) >= 11 is 0. The van der Waals surface area contributed by atoms with Crippen LogP contribution in [0.3, 0.4) is 0 Å². The highest BCUT2D eigenvalue weighted by atomic mass is 16.5. The monoisotopic (exact) mass is 336 g/mol. The van der Waals surface area contributed by atoms with Gasteiger partial charge < -0.3 is 14.8 Å². The van der Waals surface area contributed by atoms with Crippen LogP contribution in [0.2, 0.25) is 0 Å². The van der Waals surface area contributed by atoms with Gasteiger partial charge in [-0.25, -0.2) is 4.79 Å². The first-order valence-corrected chi connectivity index (χ1v) is 7.62. The zero-order valence-electron chi connectivity index (χ0n) is 13.6. The minimum absolute atomic E-state index is 0.350. The second-order valence-electron chi connectivity index (χ2n) is 5.23. The second-order valence-corrected chi connectivity index (χ2v) is 5.23. The van der Waals surface area contributed by atoms with E-state index in [1.807, 2.05) is 12.1 Å². The first-order chi connectivity index (χ1) is 12.2. The van der Waals surface area contributed by atoms with Gasteiger partial charge in [0.1, 0.15) is 5.75 Å². The van der Waals surface area contributed by atoms with Crippen molar-refractivity contribution in [3.8, 4) is 5.75 Å². The van der Waals surface area contributed by atoms with E-state index in [1.165, 1.54) is 0 Å². The van der Waals surface area contributed by atoms with Crippen molar-refractivity contribution in [2.75, 3.05) is 19.0 Å². The number of rotatable bonds is 5. The maximum atomic E-state index is 12.1. The van der Waals surface area contributed by atoms with E-state index in [9.17, 15) is 9.59 Å². The normalized spacial score (nSPS) is 10.3. The molecule has 3 aromatic rings. The zero-order chi connectivity index (χ0) is 17.6. The van der Waals surface area contributed by atoms with Crippen LogP contribution in [0.5, 0.6) is 5.75 Å². The van der Waals surface area contributed by atoms with Crippen molar-refractivity contribution in [3.05, 3.63) is 66.4 Å². The van der Waals surface area contributed by atoms with Gasteiger partial charge in [-0.1, -0.05) is 6.07 Å². The fourth-order valence-corrected chi connectivity index (χ4v) is 2.34. The highest BCUT2D eigenvalue weighted by molar-refractivity contribution is 6.02. The predicted molar refractivity (Wildman–Crippen MR) is 93.6 cm³/mol. The van der Waals surface area contributed by atoms with Crippen LogP contribution >= 0.6 is 0 Å². The van der Waals surface area contributed by atoms with Gasteiger partial charge in [-0.2, -0.15) is 0 Å². The van der Waals surface area contributed by atoms with Crippen LogP contribution in [0.4, 0.5) is 5.69 Å². The maximum absolute atomic E-state index is 12.1. The minimum atomic E-state index is -0.572. The molecule has 0 aliphatic rings. The Morgan fingerprint density at radius 1 is 1.04 bits per heavy atom. The fraction of sp³-hybridized carbons (Fsp3) is 0.105. The van der Waals surface area contributed by atoms with Crippen LogP contribution in [0.1, 0.15) is 10.4 Å². The van der Waals surface area contributed by atoms with E-state index in [4.69, 9.17) is 9.47 Å². The van der Waals surface area contributed by atoms with Gasteiger partial charge in [0.05, 0.1) is 23.9 Å². The van der Waals surface area contributed by atoms with Gasteiger partial charge in [-0.3, -0.25) is 9.78 Å². The van der Waals surface area contributed by atoms with Gasteiger partial charge in [-0.15, -0.1) is 0 Å². The zero-order valence-corrected chi connectivity index (χ0v) is 13.6. The lowest BCUT2D eigenvalue weighted by molar-refractivity contribution is -0.119. The number of hydrogen-bond donors (Lipinski definition) is 1. The third-order valence-corrected chi connectivity index (χ3v) is 3.58. The molecular formula is C19H16N2O4. The molecule has 126 valence electrons. The van der Waals surface area contributed by atoms with Gasteiger partial charge in [0, 0.05) is 11.6 Å². The van der Waals surface area contributed by atoms with Crippen LogP contribution in [-0.2, 0) is 9.53 Å². The summed E-state index contributed by atoms with van der Waals surface area (Å²) in [6.45, 7) is -0.373. The third-order valence-electron chi connectivity index (χ3n) is 3.58. The average Bonchev–Trinajstić information content (AvgIpc) is 2.66. The van der Waals surface area contributed by atoms with E-state index in [-0.39, 0.29) is 6.61 Å². The third kappa shape index (κ3) is 3.92. The van der Waals surface area contributed by atoms with E-state index in [1.54, 1.807) is 55.8 Å². The number of carbonyl (C=O) groups is 2. The number of amides is 1. The number of esters is 1. The molecule has 6 nitrogen and oxygen atoms in total. The van der Waals surface area contributed by atoms with Gasteiger partial charge in [0.25, 0.3) is 5.91 Å². The van der Waals surface area contributed by atoms with E-state index >= 15 is 0 Å². The maximum Gasteiger partial charge on any atom is 0.338 e. The Balaban J connectivity index is 1.61. The molecule has 0 saturated carbocycles. The molecule has 0 aliphatic carbocycles. The molecule has 1 aromatic heterocycles. The van der Waals surface area contributed by atoms with Crippen LogP contribution in [0.15, 0.2) is 60.8 Å². The molecule has 0 aliphatic heterocycles. The van der Waals surface area contributed by atoms with Crippen molar-refractivity contribution >= 4 is 28.5 Å². The van der Waals surface area contributed by atoms with Gasteiger partial charge in [0.2, 0.25) is 0 Å². The standard InChI is InChI=1S/C19H16N2O4/c1-24-14-9-7-13(8-10-14)19(23)25-12-18(22)21-17-6-2-5-16-15(17)4-3-11-20-16/h2-11H,12H2,1H3,(H,21,22). The molecule has 0 spiro atoms. The molecule has 6 heteroatoms. The summed E-state index contributed by atoms with van der Waals surface area (Å²) in [4.78, 5) is 28.3. The van der Waals surface area contributed by atoms with Crippen molar-refractivity contribution in [2.45, 2.75) is 0 Å². The Morgan fingerprint density at radius 3 is 2.60 bits per heavy atom. The SMILES string of the molecule is COc1ccc(C(=O)OCC(=O)Nc2cccc3ncccc23)cc1. The topological polar surface area (TPSA) is 77.5 Å². The fourth-order valence-electron chi connectivity index (χ4n) is 2.34. The molecule has 0 fully saturated rings. The summed E-state index contributed by atoms with van der Waals surface area (Å²) < 4.78 is 10.1. The number of nitrogens with one attached hydrogen (secondary N) is 1. The van der Waals surface area contributed by atoms with Gasteiger partial charge in [-0.05, 0) is 48.5 Å². The highest BCUT2D eigenvalue weighted by Gasteiger charge is 2.11. The van der Waals surface area contributed by atoms with Crippen molar-refractivity contribution in [1.29, 1.82) is 0 Å². The van der Waals surface area contributed by atoms with Crippen molar-refractivity contribution in [3.63, 3.8) is 0 Å². The lowest BCUT2D eigenvalue weighted by atomic mass is 10.2. The Kier molecular flexibility index (Phi) is 4.89. The number of benzene rings is 2. The second kappa shape index (κ2) is 7.44. The Morgan fingerprint density at radius 2 is 1.84 bits per heavy atom. The lowest BCUT2D eigenvalue weighted by Gasteiger charge is -2.09. The van der Waals surface area contributed by atoms with Crippen molar-refractivity contribution in [1.82, 2.24) is 4.98 Å². The molecule has 0 unspecified atom stereocenters. The molecular weight excluding hydrogens is 320 g/mol. The Bertz CT molecular complexity index is 901. The van der Waals surface area contributed by atoms with Crippen molar-refractivity contribution < 1.29 is 19.1 Å². The van der Waals surface area contributed by atoms with Crippen LogP contribution in [0, 0.1) is 0 Å². The number of pyridine rings is 1. The predicted octanol–water partition coefficient (Wildman–Crippen LogP) is 3.04. The highest BCUT2D eigenvalue weighted by Crippen LogP contribution is 2.21. The van der Waals surface area contributed by atoms with Crippen LogP contribution in [0.25, 0.3) is 10.9 Å². The number of ether oxygens (including phenoxy) is 2. The summed E-state index contributed by atoms with van der Waals surface area (Å²) in [6.07, 6.45) is 1.69. The molecule has 0 saturated heterocycles. The Labute approximate surface area is 144 Å². The average molecular weight is 336 g/mol. The molecule has 25 heavy (non-hydrogen) atoms.